The normalized spacial score (nSPS) is 11.5. The van der Waals surface area contributed by atoms with Crippen molar-refractivity contribution in [2.24, 2.45) is 5.73 Å². The Morgan fingerprint density at radius 1 is 1.58 bits per heavy atom. The summed E-state index contributed by atoms with van der Waals surface area (Å²) in [5.74, 6) is -0.390. The van der Waals surface area contributed by atoms with Crippen molar-refractivity contribution in [1.29, 1.82) is 0 Å². The minimum absolute atomic E-state index is 0.0318. The molecule has 0 unspecified atom stereocenters. The number of ether oxygens (including phenoxy) is 2. The van der Waals surface area contributed by atoms with Crippen molar-refractivity contribution in [2.75, 3.05) is 6.61 Å². The number of hydrogen-bond acceptors (Lipinski definition) is 4. The summed E-state index contributed by atoms with van der Waals surface area (Å²) in [6, 6.07) is 0. The summed E-state index contributed by atoms with van der Waals surface area (Å²) < 4.78 is 9.62. The number of nitrogens with two attached hydrogens (primary N) is 1. The van der Waals surface area contributed by atoms with Gasteiger partial charge in [-0.3, -0.25) is 0 Å². The molecule has 0 aliphatic heterocycles. The first-order valence-electron chi connectivity index (χ1n) is 3.86. The molecule has 0 atom stereocenters. The highest BCUT2D eigenvalue weighted by Gasteiger charge is 2.00. The summed E-state index contributed by atoms with van der Waals surface area (Å²) in [6.45, 7) is 5.72. The van der Waals surface area contributed by atoms with Gasteiger partial charge < -0.3 is 15.2 Å². The van der Waals surface area contributed by atoms with E-state index in [-0.39, 0.29) is 12.0 Å². The van der Waals surface area contributed by atoms with Crippen LogP contribution in [0.4, 0.5) is 0 Å². The van der Waals surface area contributed by atoms with Crippen LogP contribution in [0.25, 0.3) is 0 Å². The van der Waals surface area contributed by atoms with Crippen LogP contribution in [0.15, 0.2) is 12.0 Å². The highest BCUT2D eigenvalue weighted by molar-refractivity contribution is 5.82. The van der Waals surface area contributed by atoms with Crippen LogP contribution in [0, 0.1) is 0 Å². The van der Waals surface area contributed by atoms with Crippen LogP contribution >= 0.6 is 0 Å². The zero-order chi connectivity index (χ0) is 9.56. The lowest BCUT2D eigenvalue weighted by Crippen LogP contribution is -2.12. The van der Waals surface area contributed by atoms with Crippen molar-refractivity contribution >= 4 is 5.97 Å². The lowest BCUT2D eigenvalue weighted by Gasteiger charge is -2.08. The number of hydrogen-bond donors (Lipinski definition) is 1. The summed E-state index contributed by atoms with van der Waals surface area (Å²) in [6.07, 6.45) is 1.10. The van der Waals surface area contributed by atoms with E-state index in [4.69, 9.17) is 10.5 Å². The minimum atomic E-state index is -0.476. The van der Waals surface area contributed by atoms with E-state index >= 15 is 0 Å². The first-order valence-corrected chi connectivity index (χ1v) is 3.86. The molecule has 4 nitrogen and oxygen atoms in total. The Hall–Kier alpha value is -1.19. The van der Waals surface area contributed by atoms with Crippen molar-refractivity contribution in [1.82, 2.24) is 0 Å². The smallest absolute Gasteiger partial charge is 0.336 e. The fraction of sp³-hybridized carbons (Fsp3) is 0.625. The van der Waals surface area contributed by atoms with Gasteiger partial charge in [0.1, 0.15) is 0 Å². The van der Waals surface area contributed by atoms with E-state index in [9.17, 15) is 4.79 Å². The molecule has 0 aliphatic rings. The number of carbonyl (C=O) groups excluding carboxylic acids is 1. The van der Waals surface area contributed by atoms with Crippen molar-refractivity contribution in [3.63, 3.8) is 0 Å². The predicted octanol–water partition coefficient (Wildman–Crippen LogP) is 0.775. The van der Waals surface area contributed by atoms with E-state index in [1.165, 1.54) is 0 Å². The molecule has 0 aromatic carbocycles. The first kappa shape index (κ1) is 10.8. The van der Waals surface area contributed by atoms with Gasteiger partial charge in [0.25, 0.3) is 0 Å². The van der Waals surface area contributed by atoms with Crippen LogP contribution in [0.1, 0.15) is 20.8 Å². The maximum atomic E-state index is 10.8. The molecule has 0 heterocycles. The second kappa shape index (κ2) is 5.46. The van der Waals surface area contributed by atoms with Crippen LogP contribution in [-0.4, -0.2) is 18.7 Å². The lowest BCUT2D eigenvalue weighted by atomic mass is 10.5. The molecule has 2 N–H and O–H groups in total. The number of carbonyl (C=O) groups is 1. The zero-order valence-corrected chi connectivity index (χ0v) is 7.66. The summed E-state index contributed by atoms with van der Waals surface area (Å²) in [5.41, 5.74) is 5.34. The molecule has 0 saturated carbocycles. The molecule has 0 fully saturated rings. The SMILES string of the molecule is CCOC(=O)C=C(N)OC(C)C. The fourth-order valence-corrected chi connectivity index (χ4v) is 0.606. The summed E-state index contributed by atoms with van der Waals surface area (Å²) in [5, 5.41) is 0. The van der Waals surface area contributed by atoms with E-state index in [1.807, 2.05) is 13.8 Å². The lowest BCUT2D eigenvalue weighted by molar-refractivity contribution is -0.137. The van der Waals surface area contributed by atoms with Crippen molar-refractivity contribution in [3.8, 4) is 0 Å². The molecule has 0 spiro atoms. The zero-order valence-electron chi connectivity index (χ0n) is 7.66. The van der Waals surface area contributed by atoms with E-state index < -0.39 is 5.97 Å². The van der Waals surface area contributed by atoms with Crippen molar-refractivity contribution in [2.45, 2.75) is 26.9 Å². The van der Waals surface area contributed by atoms with Crippen LogP contribution < -0.4 is 5.73 Å². The molecule has 0 aliphatic carbocycles. The molecule has 12 heavy (non-hydrogen) atoms. The van der Waals surface area contributed by atoms with Gasteiger partial charge in [0.15, 0.2) is 5.88 Å². The van der Waals surface area contributed by atoms with E-state index in [0.29, 0.717) is 6.61 Å². The minimum Gasteiger partial charge on any atom is -0.476 e. The Labute approximate surface area is 72.3 Å². The van der Waals surface area contributed by atoms with E-state index in [2.05, 4.69) is 4.74 Å². The van der Waals surface area contributed by atoms with Crippen LogP contribution in [0.5, 0.6) is 0 Å². The van der Waals surface area contributed by atoms with Crippen molar-refractivity contribution < 1.29 is 14.3 Å². The second-order valence-electron chi connectivity index (χ2n) is 2.47. The Morgan fingerprint density at radius 3 is 2.58 bits per heavy atom. The quantitative estimate of drug-likeness (QED) is 0.387. The third kappa shape index (κ3) is 5.58. The van der Waals surface area contributed by atoms with Gasteiger partial charge >= 0.3 is 5.97 Å². The topological polar surface area (TPSA) is 61.5 Å². The maximum Gasteiger partial charge on any atom is 0.336 e. The summed E-state index contributed by atoms with van der Waals surface area (Å²) >= 11 is 0. The van der Waals surface area contributed by atoms with Crippen LogP contribution in [0.3, 0.4) is 0 Å². The third-order valence-corrected chi connectivity index (χ3v) is 0.918. The Kier molecular flexibility index (Phi) is 4.92. The van der Waals surface area contributed by atoms with E-state index in [0.717, 1.165) is 6.08 Å². The summed E-state index contributed by atoms with van der Waals surface area (Å²) in [7, 11) is 0. The number of rotatable bonds is 4. The van der Waals surface area contributed by atoms with Gasteiger partial charge in [-0.25, -0.2) is 4.79 Å². The van der Waals surface area contributed by atoms with E-state index in [1.54, 1.807) is 6.92 Å². The highest BCUT2D eigenvalue weighted by Crippen LogP contribution is 1.95. The van der Waals surface area contributed by atoms with Gasteiger partial charge in [0.05, 0.1) is 18.8 Å². The first-order chi connectivity index (χ1) is 5.56. The average Bonchev–Trinajstić information content (AvgIpc) is 1.84. The molecule has 0 radical (unpaired) electrons. The van der Waals surface area contributed by atoms with Crippen molar-refractivity contribution in [3.05, 3.63) is 12.0 Å². The number of esters is 1. The van der Waals surface area contributed by atoms with Gasteiger partial charge in [0, 0.05) is 0 Å². The molecule has 0 aromatic rings. The third-order valence-electron chi connectivity index (χ3n) is 0.918. The van der Waals surface area contributed by atoms with Gasteiger partial charge in [0.2, 0.25) is 0 Å². The Morgan fingerprint density at radius 2 is 2.17 bits per heavy atom. The molecular formula is C8H15NO3. The summed E-state index contributed by atoms with van der Waals surface area (Å²) in [4.78, 5) is 10.8. The Bertz CT molecular complexity index is 175. The molecule has 0 aromatic heterocycles. The van der Waals surface area contributed by atoms with Gasteiger partial charge in [-0.2, -0.15) is 0 Å². The van der Waals surface area contributed by atoms with Gasteiger partial charge in [-0.15, -0.1) is 0 Å². The molecular weight excluding hydrogens is 158 g/mol. The fourth-order valence-electron chi connectivity index (χ4n) is 0.606. The molecule has 0 bridgehead atoms. The molecule has 0 rings (SSSR count). The average molecular weight is 173 g/mol. The molecule has 0 amide bonds. The second-order valence-corrected chi connectivity index (χ2v) is 2.47. The van der Waals surface area contributed by atoms with Gasteiger partial charge in [-0.1, -0.05) is 0 Å². The maximum absolute atomic E-state index is 10.8. The molecule has 70 valence electrons. The monoisotopic (exact) mass is 173 g/mol. The highest BCUT2D eigenvalue weighted by atomic mass is 16.5. The van der Waals surface area contributed by atoms with Gasteiger partial charge in [-0.05, 0) is 20.8 Å². The molecule has 4 heteroatoms. The standard InChI is InChI=1S/C8H15NO3/c1-4-11-8(10)5-7(9)12-6(2)3/h5-6H,4,9H2,1-3H3. The Balaban J connectivity index is 3.89. The van der Waals surface area contributed by atoms with Crippen LogP contribution in [-0.2, 0) is 14.3 Å². The predicted molar refractivity (Wildman–Crippen MR) is 45.1 cm³/mol. The largest absolute Gasteiger partial charge is 0.476 e. The molecule has 0 saturated heterocycles. The van der Waals surface area contributed by atoms with Crippen LogP contribution in [0.2, 0.25) is 0 Å².